The van der Waals surface area contributed by atoms with E-state index in [-0.39, 0.29) is 32.8 Å². The first-order chi connectivity index (χ1) is 19.3. The van der Waals surface area contributed by atoms with Gasteiger partial charge in [-0.2, -0.15) is 26.3 Å². The number of halogens is 6. The van der Waals surface area contributed by atoms with Crippen molar-refractivity contribution in [3.63, 3.8) is 0 Å². The van der Waals surface area contributed by atoms with Gasteiger partial charge in [0.2, 0.25) is 0 Å². The van der Waals surface area contributed by atoms with Gasteiger partial charge in [0, 0.05) is 11.8 Å². The number of ether oxygens (including phenoxy) is 1. The van der Waals surface area contributed by atoms with Gasteiger partial charge in [0.15, 0.2) is 5.41 Å². The highest BCUT2D eigenvalue weighted by Crippen LogP contribution is 2.53. The van der Waals surface area contributed by atoms with Crippen LogP contribution in [0.2, 0.25) is 0 Å². The molecular weight excluding hydrogens is 566 g/mol. The minimum atomic E-state index is -5.66. The lowest BCUT2D eigenvalue weighted by Crippen LogP contribution is -2.55. The molecule has 0 aliphatic heterocycles. The molecule has 0 radical (unpaired) electrons. The first-order valence-corrected chi connectivity index (χ1v) is 13.9. The summed E-state index contributed by atoms with van der Waals surface area (Å²) < 4.78 is 85.8. The van der Waals surface area contributed by atoms with Crippen molar-refractivity contribution in [2.45, 2.75) is 103 Å². The number of rotatable bonds is 14. The lowest BCUT2D eigenvalue weighted by molar-refractivity contribution is -0.359. The number of hydrogen-bond acceptors (Lipinski definition) is 4. The van der Waals surface area contributed by atoms with Gasteiger partial charge >= 0.3 is 18.3 Å². The van der Waals surface area contributed by atoms with E-state index in [1.807, 2.05) is 45.0 Å². The number of carboxylic acid groups (broad SMARTS) is 1. The molecule has 0 saturated heterocycles. The van der Waals surface area contributed by atoms with Crippen LogP contribution in [0, 0.1) is 19.3 Å². The molecule has 11 heteroatoms. The average molecular weight is 607 g/mol. The third-order valence-electron chi connectivity index (χ3n) is 8.48. The monoisotopic (exact) mass is 606 g/mol. The molecule has 0 aliphatic rings. The Morgan fingerprint density at radius 2 is 1.38 bits per heavy atom. The fraction of sp³-hybridized carbons (Fsp3) is 0.581. The maximum Gasteiger partial charge on any atom is 0.405 e. The number of carboxylic acids is 1. The zero-order valence-corrected chi connectivity index (χ0v) is 24.5. The van der Waals surface area contributed by atoms with Crippen LogP contribution in [0.1, 0.15) is 80.7 Å². The van der Waals surface area contributed by atoms with Gasteiger partial charge in [0.1, 0.15) is 12.4 Å². The van der Waals surface area contributed by atoms with Crippen molar-refractivity contribution in [3.8, 4) is 5.75 Å². The van der Waals surface area contributed by atoms with Gasteiger partial charge in [0.05, 0.1) is 12.2 Å². The molecule has 2 aromatic rings. The summed E-state index contributed by atoms with van der Waals surface area (Å²) in [5.41, 5.74) is -0.718. The molecule has 236 valence electrons. The second kappa shape index (κ2) is 13.7. The van der Waals surface area contributed by atoms with Crippen molar-refractivity contribution in [3.05, 3.63) is 64.2 Å². The summed E-state index contributed by atoms with van der Waals surface area (Å²) in [5, 5.41) is 28.8. The Labute approximate surface area is 242 Å². The van der Waals surface area contributed by atoms with Crippen molar-refractivity contribution in [1.29, 1.82) is 0 Å². The molecule has 0 amide bonds. The van der Waals surface area contributed by atoms with Crippen molar-refractivity contribution in [2.24, 2.45) is 5.41 Å². The topological polar surface area (TPSA) is 87.0 Å². The molecule has 0 bridgehead atoms. The average Bonchev–Trinajstić information content (AvgIpc) is 2.90. The van der Waals surface area contributed by atoms with Gasteiger partial charge in [-0.25, -0.2) is 0 Å². The largest absolute Gasteiger partial charge is 0.491 e. The van der Waals surface area contributed by atoms with Crippen molar-refractivity contribution >= 4 is 5.97 Å². The van der Waals surface area contributed by atoms with Crippen molar-refractivity contribution in [2.75, 3.05) is 6.61 Å². The van der Waals surface area contributed by atoms with E-state index in [1.54, 1.807) is 19.1 Å². The van der Waals surface area contributed by atoms with E-state index in [1.165, 1.54) is 0 Å². The van der Waals surface area contributed by atoms with Crippen LogP contribution in [0.3, 0.4) is 0 Å². The van der Waals surface area contributed by atoms with Crippen molar-refractivity contribution < 1.29 is 51.2 Å². The number of aliphatic hydroxyl groups excluding tert-OH is 2. The maximum atomic E-state index is 13.3. The number of aryl methyl sites for hydroxylation is 3. The predicted molar refractivity (Wildman–Crippen MR) is 147 cm³/mol. The fourth-order valence-corrected chi connectivity index (χ4v) is 5.30. The van der Waals surface area contributed by atoms with Crippen LogP contribution < -0.4 is 4.74 Å². The van der Waals surface area contributed by atoms with Crippen LogP contribution in [-0.4, -0.2) is 52.5 Å². The molecule has 0 aromatic heterocycles. The molecule has 0 heterocycles. The fourth-order valence-electron chi connectivity index (χ4n) is 5.30. The summed E-state index contributed by atoms with van der Waals surface area (Å²) in [6.07, 6.45) is -14.5. The second-order valence-corrected chi connectivity index (χ2v) is 11.1. The van der Waals surface area contributed by atoms with E-state index in [4.69, 9.17) is 9.84 Å². The van der Waals surface area contributed by atoms with Crippen LogP contribution in [0.15, 0.2) is 36.4 Å². The smallest absolute Gasteiger partial charge is 0.405 e. The highest BCUT2D eigenvalue weighted by molar-refractivity contribution is 5.66. The third-order valence-corrected chi connectivity index (χ3v) is 8.48. The molecule has 2 aromatic carbocycles. The van der Waals surface area contributed by atoms with Crippen LogP contribution in [0.4, 0.5) is 26.3 Å². The first kappa shape index (κ1) is 35.4. The van der Waals surface area contributed by atoms with E-state index in [0.29, 0.717) is 29.7 Å². The minimum absolute atomic E-state index is 0.00954. The van der Waals surface area contributed by atoms with E-state index in [2.05, 4.69) is 0 Å². The maximum absolute atomic E-state index is 13.3. The molecule has 2 rings (SSSR count). The predicted octanol–water partition coefficient (Wildman–Crippen LogP) is 7.44. The van der Waals surface area contributed by atoms with Crippen molar-refractivity contribution in [1.82, 2.24) is 0 Å². The minimum Gasteiger partial charge on any atom is -0.491 e. The highest BCUT2D eigenvalue weighted by atomic mass is 19.4. The Kier molecular flexibility index (Phi) is 11.5. The molecule has 0 spiro atoms. The first-order valence-electron chi connectivity index (χ1n) is 13.9. The number of benzene rings is 2. The molecular formula is C31H40F6O5. The molecule has 5 nitrogen and oxygen atoms in total. The van der Waals surface area contributed by atoms with Gasteiger partial charge in [-0.1, -0.05) is 44.2 Å². The Morgan fingerprint density at radius 3 is 1.83 bits per heavy atom. The van der Waals surface area contributed by atoms with Crippen LogP contribution in [0.25, 0.3) is 0 Å². The molecule has 0 aliphatic carbocycles. The lowest BCUT2D eigenvalue weighted by Gasteiger charge is -2.38. The number of aliphatic carboxylic acids is 1. The number of hydrogen-bond donors (Lipinski definition) is 3. The summed E-state index contributed by atoms with van der Waals surface area (Å²) in [6.45, 7) is 7.58. The molecule has 0 saturated carbocycles. The standard InChI is InChI=1S/C31H40F6O5/c1-6-29(7-2,23-11-13-25(20(4)17-23)42-18-24(38)12-15-27(40)41)22-10-8-21(19(3)16-22)9-14-26(39)28(5,30(32,33)34)31(35,36)37/h8,10-11,13,16-17,24,26,38-39H,6-7,9,12,14-15,18H2,1-5H3,(H,40,41)/t24-,26?/m1/s1. The summed E-state index contributed by atoms with van der Waals surface area (Å²) >= 11 is 0. The van der Waals surface area contributed by atoms with Crippen LogP contribution in [-0.2, 0) is 16.6 Å². The van der Waals surface area contributed by atoms with Crippen LogP contribution in [0.5, 0.6) is 5.75 Å². The lowest BCUT2D eigenvalue weighted by atomic mass is 9.69. The van der Waals surface area contributed by atoms with E-state index >= 15 is 0 Å². The molecule has 0 fully saturated rings. The van der Waals surface area contributed by atoms with E-state index in [0.717, 1.165) is 16.7 Å². The summed E-state index contributed by atoms with van der Waals surface area (Å²) in [6, 6.07) is 11.1. The van der Waals surface area contributed by atoms with Gasteiger partial charge in [-0.15, -0.1) is 0 Å². The summed E-state index contributed by atoms with van der Waals surface area (Å²) in [4.78, 5) is 10.7. The number of carbonyl (C=O) groups is 1. The third kappa shape index (κ3) is 7.58. The molecule has 2 atom stereocenters. The summed E-state index contributed by atoms with van der Waals surface area (Å²) in [7, 11) is 0. The molecule has 1 unspecified atom stereocenters. The molecule has 3 N–H and O–H groups in total. The van der Waals surface area contributed by atoms with Crippen LogP contribution >= 0.6 is 0 Å². The van der Waals surface area contributed by atoms with E-state index in [9.17, 15) is 41.4 Å². The Hall–Kier alpha value is -2.79. The normalized spacial score (nSPS) is 14.5. The zero-order chi connectivity index (χ0) is 32.1. The SMILES string of the molecule is CCC(CC)(c1ccc(CCC(O)C(C)(C(F)(F)F)C(F)(F)F)c(C)c1)c1ccc(OC[C@H](O)CCC(=O)O)c(C)c1. The second-order valence-electron chi connectivity index (χ2n) is 11.1. The highest BCUT2D eigenvalue weighted by Gasteiger charge is 2.70. The van der Waals surface area contributed by atoms with Gasteiger partial charge in [-0.3, -0.25) is 4.79 Å². The van der Waals surface area contributed by atoms with Gasteiger partial charge in [-0.05, 0) is 86.8 Å². The van der Waals surface area contributed by atoms with E-state index < -0.39 is 47.8 Å². The quantitative estimate of drug-likeness (QED) is 0.195. The number of aliphatic hydroxyl groups is 2. The molecule has 42 heavy (non-hydrogen) atoms. The van der Waals surface area contributed by atoms with Gasteiger partial charge < -0.3 is 20.1 Å². The zero-order valence-electron chi connectivity index (χ0n) is 24.5. The Morgan fingerprint density at radius 1 is 0.857 bits per heavy atom. The summed E-state index contributed by atoms with van der Waals surface area (Å²) in [5.74, 6) is -0.458. The van der Waals surface area contributed by atoms with Gasteiger partial charge in [0.25, 0.3) is 0 Å². The Bertz CT molecular complexity index is 1190. The Balaban J connectivity index is 2.28. The number of alkyl halides is 6.